The van der Waals surface area contributed by atoms with Crippen molar-refractivity contribution in [1.29, 1.82) is 0 Å². The van der Waals surface area contributed by atoms with Gasteiger partial charge in [-0.25, -0.2) is 0 Å². The average Bonchev–Trinajstić information content (AvgIpc) is 2.89. The van der Waals surface area contributed by atoms with Gasteiger partial charge in [-0.1, -0.05) is 11.6 Å². The van der Waals surface area contributed by atoms with E-state index in [-0.39, 0.29) is 11.3 Å². The lowest BCUT2D eigenvalue weighted by molar-refractivity contribution is 0.102. The fourth-order valence-corrected chi connectivity index (χ4v) is 2.08. The van der Waals surface area contributed by atoms with Crippen LogP contribution in [0.5, 0.6) is 5.75 Å². The van der Waals surface area contributed by atoms with Crippen molar-refractivity contribution in [1.82, 2.24) is 10.2 Å². The summed E-state index contributed by atoms with van der Waals surface area (Å²) in [5.74, 6) is -0.538. The second kappa shape index (κ2) is 4.86. The Hall–Kier alpha value is -2.53. The van der Waals surface area contributed by atoms with Gasteiger partial charge in [0.15, 0.2) is 0 Å². The second-order valence-electron chi connectivity index (χ2n) is 4.29. The fraction of sp³-hybridized carbons (Fsp3) is 0. The second-order valence-corrected chi connectivity index (χ2v) is 4.72. The third-order valence-electron chi connectivity index (χ3n) is 2.90. The number of fused-ring (bicyclic) bond motifs is 1. The standard InChI is InChI=1S/C14H10ClN3O2/c15-9-1-4-13(19)11(6-9)14(20)17-10-2-3-12-8(5-10)7-16-18-12/h1-7,19H,(H,16,18)(H,17,20). The van der Waals surface area contributed by atoms with Gasteiger partial charge in [0, 0.05) is 16.1 Å². The highest BCUT2D eigenvalue weighted by molar-refractivity contribution is 6.31. The van der Waals surface area contributed by atoms with E-state index in [4.69, 9.17) is 11.6 Å². The third kappa shape index (κ3) is 2.31. The number of carbonyl (C=O) groups excluding carboxylic acids is 1. The molecule has 100 valence electrons. The van der Waals surface area contributed by atoms with Crippen LogP contribution in [0.2, 0.25) is 5.02 Å². The number of hydrogen-bond acceptors (Lipinski definition) is 3. The Morgan fingerprint density at radius 2 is 2.10 bits per heavy atom. The smallest absolute Gasteiger partial charge is 0.259 e. The monoisotopic (exact) mass is 287 g/mol. The zero-order valence-electron chi connectivity index (χ0n) is 10.2. The van der Waals surface area contributed by atoms with Crippen LogP contribution in [0.4, 0.5) is 5.69 Å². The summed E-state index contributed by atoms with van der Waals surface area (Å²) < 4.78 is 0. The van der Waals surface area contributed by atoms with Crippen molar-refractivity contribution in [3.05, 3.63) is 53.2 Å². The van der Waals surface area contributed by atoms with Crippen molar-refractivity contribution in [3.63, 3.8) is 0 Å². The number of rotatable bonds is 2. The molecule has 2 aromatic carbocycles. The Kier molecular flexibility index (Phi) is 3.04. The zero-order valence-corrected chi connectivity index (χ0v) is 11.0. The summed E-state index contributed by atoms with van der Waals surface area (Å²) in [6.07, 6.45) is 1.67. The highest BCUT2D eigenvalue weighted by atomic mass is 35.5. The van der Waals surface area contributed by atoms with E-state index in [1.54, 1.807) is 18.3 Å². The maximum absolute atomic E-state index is 12.1. The van der Waals surface area contributed by atoms with Crippen molar-refractivity contribution >= 4 is 34.1 Å². The molecule has 1 amide bonds. The summed E-state index contributed by atoms with van der Waals surface area (Å²) in [5.41, 5.74) is 1.63. The lowest BCUT2D eigenvalue weighted by Crippen LogP contribution is -2.12. The molecule has 5 nitrogen and oxygen atoms in total. The number of H-pyrrole nitrogens is 1. The fourth-order valence-electron chi connectivity index (χ4n) is 1.91. The lowest BCUT2D eigenvalue weighted by atomic mass is 10.1. The number of aromatic amines is 1. The SMILES string of the molecule is O=C(Nc1ccc2[nH]ncc2c1)c1cc(Cl)ccc1O. The molecule has 3 aromatic rings. The summed E-state index contributed by atoms with van der Waals surface area (Å²) in [4.78, 5) is 12.1. The summed E-state index contributed by atoms with van der Waals surface area (Å²) >= 11 is 5.82. The van der Waals surface area contributed by atoms with Gasteiger partial charge in [-0.15, -0.1) is 0 Å². The number of benzene rings is 2. The van der Waals surface area contributed by atoms with Crippen LogP contribution in [0.15, 0.2) is 42.6 Å². The summed E-state index contributed by atoms with van der Waals surface area (Å²) in [6.45, 7) is 0. The number of amides is 1. The number of anilines is 1. The molecule has 0 aliphatic carbocycles. The average molecular weight is 288 g/mol. The molecule has 0 atom stereocenters. The predicted molar refractivity (Wildman–Crippen MR) is 77.2 cm³/mol. The van der Waals surface area contributed by atoms with Crippen molar-refractivity contribution in [2.45, 2.75) is 0 Å². The van der Waals surface area contributed by atoms with Crippen molar-refractivity contribution in [3.8, 4) is 5.75 Å². The minimum absolute atomic E-state index is 0.115. The maximum atomic E-state index is 12.1. The largest absolute Gasteiger partial charge is 0.507 e. The molecular weight excluding hydrogens is 278 g/mol. The topological polar surface area (TPSA) is 78.0 Å². The van der Waals surface area contributed by atoms with E-state index in [1.165, 1.54) is 18.2 Å². The first-order valence-corrected chi connectivity index (χ1v) is 6.24. The molecule has 0 saturated carbocycles. The highest BCUT2D eigenvalue weighted by Crippen LogP contribution is 2.23. The molecule has 1 heterocycles. The number of phenolic OH excluding ortho intramolecular Hbond substituents is 1. The van der Waals surface area contributed by atoms with Gasteiger partial charge in [0.1, 0.15) is 5.75 Å². The molecule has 1 aromatic heterocycles. The molecule has 0 unspecified atom stereocenters. The van der Waals surface area contributed by atoms with Gasteiger partial charge in [-0.05, 0) is 36.4 Å². The van der Waals surface area contributed by atoms with Gasteiger partial charge >= 0.3 is 0 Å². The first-order valence-electron chi connectivity index (χ1n) is 5.86. The van der Waals surface area contributed by atoms with E-state index >= 15 is 0 Å². The molecule has 3 N–H and O–H groups in total. The van der Waals surface area contributed by atoms with Gasteiger partial charge in [0.2, 0.25) is 0 Å². The van der Waals surface area contributed by atoms with Crippen molar-refractivity contribution in [2.75, 3.05) is 5.32 Å². The van der Waals surface area contributed by atoms with Crippen LogP contribution in [-0.2, 0) is 0 Å². The van der Waals surface area contributed by atoms with E-state index in [0.29, 0.717) is 10.7 Å². The molecule has 0 fully saturated rings. The Morgan fingerprint density at radius 1 is 1.25 bits per heavy atom. The summed E-state index contributed by atoms with van der Waals surface area (Å²) in [5, 5.41) is 20.4. The van der Waals surface area contributed by atoms with Crippen LogP contribution in [0, 0.1) is 0 Å². The summed E-state index contributed by atoms with van der Waals surface area (Å²) in [6, 6.07) is 9.68. The van der Waals surface area contributed by atoms with Crippen molar-refractivity contribution < 1.29 is 9.90 Å². The van der Waals surface area contributed by atoms with Crippen LogP contribution in [0.3, 0.4) is 0 Å². The highest BCUT2D eigenvalue weighted by Gasteiger charge is 2.12. The van der Waals surface area contributed by atoms with Gasteiger partial charge in [0.05, 0.1) is 17.3 Å². The Bertz CT molecular complexity index is 798. The predicted octanol–water partition coefficient (Wildman–Crippen LogP) is 3.17. The first kappa shape index (κ1) is 12.5. The van der Waals surface area contributed by atoms with Crippen LogP contribution < -0.4 is 5.32 Å². The molecule has 0 aliphatic rings. The van der Waals surface area contributed by atoms with E-state index in [1.807, 2.05) is 6.07 Å². The maximum Gasteiger partial charge on any atom is 0.259 e. The Balaban J connectivity index is 1.89. The number of aromatic nitrogens is 2. The van der Waals surface area contributed by atoms with Gasteiger partial charge in [0.25, 0.3) is 5.91 Å². The molecule has 20 heavy (non-hydrogen) atoms. The van der Waals surface area contributed by atoms with Crippen LogP contribution >= 0.6 is 11.6 Å². The Morgan fingerprint density at radius 3 is 2.95 bits per heavy atom. The molecule has 0 saturated heterocycles. The molecular formula is C14H10ClN3O2. The quantitative estimate of drug-likeness (QED) is 0.677. The number of carbonyl (C=O) groups is 1. The summed E-state index contributed by atoms with van der Waals surface area (Å²) in [7, 11) is 0. The molecule has 0 spiro atoms. The van der Waals surface area contributed by atoms with Crippen molar-refractivity contribution in [2.24, 2.45) is 0 Å². The molecule has 6 heteroatoms. The molecule has 3 rings (SSSR count). The normalized spacial score (nSPS) is 10.7. The number of nitrogens with one attached hydrogen (secondary N) is 2. The molecule has 0 aliphatic heterocycles. The number of nitrogens with zero attached hydrogens (tertiary/aromatic N) is 1. The van der Waals surface area contributed by atoms with E-state index in [2.05, 4.69) is 15.5 Å². The number of aromatic hydroxyl groups is 1. The Labute approximate surface area is 119 Å². The van der Waals surface area contributed by atoms with E-state index in [9.17, 15) is 9.90 Å². The number of phenols is 1. The minimum Gasteiger partial charge on any atom is -0.507 e. The van der Waals surface area contributed by atoms with Crippen LogP contribution in [0.25, 0.3) is 10.9 Å². The zero-order chi connectivity index (χ0) is 14.1. The number of hydrogen-bond donors (Lipinski definition) is 3. The number of halogens is 1. The van der Waals surface area contributed by atoms with Gasteiger partial charge in [-0.3, -0.25) is 9.89 Å². The van der Waals surface area contributed by atoms with E-state index < -0.39 is 5.91 Å². The van der Waals surface area contributed by atoms with E-state index in [0.717, 1.165) is 10.9 Å². The van der Waals surface area contributed by atoms with Gasteiger partial charge in [-0.2, -0.15) is 5.10 Å². The first-order chi connectivity index (χ1) is 9.63. The third-order valence-corrected chi connectivity index (χ3v) is 3.14. The lowest BCUT2D eigenvalue weighted by Gasteiger charge is -2.07. The van der Waals surface area contributed by atoms with Gasteiger partial charge < -0.3 is 10.4 Å². The minimum atomic E-state index is -0.423. The van der Waals surface area contributed by atoms with Crippen LogP contribution in [-0.4, -0.2) is 21.2 Å². The van der Waals surface area contributed by atoms with Crippen LogP contribution in [0.1, 0.15) is 10.4 Å². The molecule has 0 radical (unpaired) electrons. The molecule has 0 bridgehead atoms.